The second-order valence-electron chi connectivity index (χ2n) is 6.27. The molecule has 3 rings (SSSR count). The summed E-state index contributed by atoms with van der Waals surface area (Å²) >= 11 is 0. The van der Waals surface area contributed by atoms with Gasteiger partial charge >= 0.3 is 0 Å². The third-order valence-corrected chi connectivity index (χ3v) is 4.40. The van der Waals surface area contributed by atoms with Gasteiger partial charge in [0.25, 0.3) is 0 Å². The van der Waals surface area contributed by atoms with Crippen molar-refractivity contribution in [2.75, 3.05) is 14.2 Å². The Hall–Kier alpha value is -2.86. The standard InChI is InChI=1S/C20H22N2O4/c1-14-13-20(24,16-7-5-4-6-8-16)22(21-14)19(23)12-15-9-10-17(25-2)18(11-15)26-3/h4-11,24H,12-13H2,1-3H3/t20-/m0/s1. The molecule has 0 saturated heterocycles. The number of hydrazone groups is 1. The van der Waals surface area contributed by atoms with E-state index in [1.807, 2.05) is 18.2 Å². The predicted molar refractivity (Wildman–Crippen MR) is 98.2 cm³/mol. The fraction of sp³-hybridized carbons (Fsp3) is 0.300. The molecule has 26 heavy (non-hydrogen) atoms. The monoisotopic (exact) mass is 354 g/mol. The topological polar surface area (TPSA) is 71.4 Å². The lowest BCUT2D eigenvalue weighted by atomic mass is 9.97. The van der Waals surface area contributed by atoms with E-state index in [-0.39, 0.29) is 18.7 Å². The van der Waals surface area contributed by atoms with Gasteiger partial charge < -0.3 is 14.6 Å². The van der Waals surface area contributed by atoms with Crippen LogP contribution in [0.25, 0.3) is 0 Å². The molecule has 0 aliphatic carbocycles. The maximum atomic E-state index is 12.9. The van der Waals surface area contributed by atoms with Gasteiger partial charge in [0.2, 0.25) is 5.91 Å². The van der Waals surface area contributed by atoms with Crippen LogP contribution in [0.2, 0.25) is 0 Å². The summed E-state index contributed by atoms with van der Waals surface area (Å²) in [7, 11) is 3.11. The molecule has 0 spiro atoms. The molecule has 1 aliphatic rings. The van der Waals surface area contributed by atoms with Crippen molar-refractivity contribution in [2.24, 2.45) is 5.10 Å². The molecule has 0 bridgehead atoms. The lowest BCUT2D eigenvalue weighted by Crippen LogP contribution is -2.44. The van der Waals surface area contributed by atoms with E-state index in [1.54, 1.807) is 51.5 Å². The van der Waals surface area contributed by atoms with Crippen LogP contribution in [-0.4, -0.2) is 36.0 Å². The minimum atomic E-state index is -1.46. The van der Waals surface area contributed by atoms with E-state index < -0.39 is 5.72 Å². The van der Waals surface area contributed by atoms with Gasteiger partial charge in [-0.3, -0.25) is 4.79 Å². The molecular weight excluding hydrogens is 332 g/mol. The molecule has 1 aliphatic heterocycles. The lowest BCUT2D eigenvalue weighted by molar-refractivity contribution is -0.157. The molecule has 1 atom stereocenters. The molecule has 2 aromatic rings. The maximum Gasteiger partial charge on any atom is 0.250 e. The number of rotatable bonds is 5. The van der Waals surface area contributed by atoms with Gasteiger partial charge in [-0.2, -0.15) is 10.1 Å². The largest absolute Gasteiger partial charge is 0.493 e. The van der Waals surface area contributed by atoms with Crippen molar-refractivity contribution in [1.82, 2.24) is 5.01 Å². The first-order valence-corrected chi connectivity index (χ1v) is 8.34. The Morgan fingerprint density at radius 1 is 1.15 bits per heavy atom. The van der Waals surface area contributed by atoms with Gasteiger partial charge in [0.1, 0.15) is 0 Å². The van der Waals surface area contributed by atoms with Gasteiger partial charge in [0, 0.05) is 17.7 Å². The molecule has 0 fully saturated rings. The Bertz CT molecular complexity index is 835. The Kier molecular flexibility index (Phi) is 4.95. The minimum Gasteiger partial charge on any atom is -0.493 e. The molecular formula is C20H22N2O4. The van der Waals surface area contributed by atoms with Crippen molar-refractivity contribution in [3.63, 3.8) is 0 Å². The number of methoxy groups -OCH3 is 2. The number of nitrogens with zero attached hydrogens (tertiary/aromatic N) is 2. The first-order chi connectivity index (χ1) is 12.5. The zero-order chi connectivity index (χ0) is 18.7. The highest BCUT2D eigenvalue weighted by atomic mass is 16.5. The number of hydrogen-bond donors (Lipinski definition) is 1. The number of hydrogen-bond acceptors (Lipinski definition) is 5. The first-order valence-electron chi connectivity index (χ1n) is 8.34. The fourth-order valence-corrected chi connectivity index (χ4v) is 3.15. The SMILES string of the molecule is COc1ccc(CC(=O)N2N=C(C)C[C@]2(O)c2ccccc2)cc1OC. The van der Waals surface area contributed by atoms with Gasteiger partial charge in [-0.25, -0.2) is 0 Å². The predicted octanol–water partition coefficient (Wildman–Crippen LogP) is 2.70. The Morgan fingerprint density at radius 3 is 2.50 bits per heavy atom. The van der Waals surface area contributed by atoms with Crippen molar-refractivity contribution in [3.05, 3.63) is 59.7 Å². The highest BCUT2D eigenvalue weighted by Crippen LogP contribution is 2.36. The maximum absolute atomic E-state index is 12.9. The van der Waals surface area contributed by atoms with Crippen molar-refractivity contribution in [3.8, 4) is 11.5 Å². The van der Waals surface area contributed by atoms with Gasteiger partial charge in [-0.1, -0.05) is 36.4 Å². The summed E-state index contributed by atoms with van der Waals surface area (Å²) in [4.78, 5) is 12.9. The molecule has 0 saturated carbocycles. The van der Waals surface area contributed by atoms with Crippen LogP contribution in [-0.2, 0) is 16.9 Å². The van der Waals surface area contributed by atoms with Gasteiger partial charge in [-0.05, 0) is 24.6 Å². The molecule has 0 aromatic heterocycles. The van der Waals surface area contributed by atoms with Crippen LogP contribution < -0.4 is 9.47 Å². The zero-order valence-corrected chi connectivity index (χ0v) is 15.1. The molecule has 1 N–H and O–H groups in total. The van der Waals surface area contributed by atoms with Crippen LogP contribution in [0.15, 0.2) is 53.6 Å². The van der Waals surface area contributed by atoms with Gasteiger partial charge in [0.05, 0.1) is 20.6 Å². The fourth-order valence-electron chi connectivity index (χ4n) is 3.15. The number of carbonyl (C=O) groups excluding carboxylic acids is 1. The second-order valence-corrected chi connectivity index (χ2v) is 6.27. The quantitative estimate of drug-likeness (QED) is 0.896. The van der Waals surface area contributed by atoms with Crippen molar-refractivity contribution in [2.45, 2.75) is 25.5 Å². The number of amides is 1. The number of ether oxygens (including phenoxy) is 2. The summed E-state index contributed by atoms with van der Waals surface area (Å²) in [6.07, 6.45) is 0.376. The smallest absolute Gasteiger partial charge is 0.250 e. The number of carbonyl (C=O) groups is 1. The van der Waals surface area contributed by atoms with Gasteiger partial charge in [0.15, 0.2) is 17.2 Å². The second kappa shape index (κ2) is 7.17. The number of benzene rings is 2. The highest BCUT2D eigenvalue weighted by Gasteiger charge is 2.44. The molecule has 1 heterocycles. The molecule has 0 unspecified atom stereocenters. The summed E-state index contributed by atoms with van der Waals surface area (Å²) in [5.41, 5.74) is 0.639. The van der Waals surface area contributed by atoms with E-state index in [0.717, 1.165) is 5.56 Å². The third-order valence-electron chi connectivity index (χ3n) is 4.40. The van der Waals surface area contributed by atoms with Crippen molar-refractivity contribution in [1.29, 1.82) is 0 Å². The molecule has 1 amide bonds. The Morgan fingerprint density at radius 2 is 1.85 bits per heavy atom. The summed E-state index contributed by atoms with van der Waals surface area (Å²) in [5, 5.41) is 16.6. The van der Waals surface area contributed by atoms with Crippen LogP contribution in [0.3, 0.4) is 0 Å². The molecule has 6 nitrogen and oxygen atoms in total. The average molecular weight is 354 g/mol. The Labute approximate surface area is 152 Å². The Balaban J connectivity index is 1.86. The van der Waals surface area contributed by atoms with Crippen LogP contribution in [0.5, 0.6) is 11.5 Å². The summed E-state index contributed by atoms with van der Waals surface area (Å²) in [5.74, 6) is 0.858. The van der Waals surface area contributed by atoms with Crippen LogP contribution >= 0.6 is 0 Å². The number of aliphatic hydroxyl groups is 1. The van der Waals surface area contributed by atoms with E-state index in [0.29, 0.717) is 22.8 Å². The van der Waals surface area contributed by atoms with Crippen LogP contribution in [0.4, 0.5) is 0 Å². The molecule has 2 aromatic carbocycles. The summed E-state index contributed by atoms with van der Waals surface area (Å²) in [6, 6.07) is 14.4. The van der Waals surface area contributed by atoms with Crippen molar-refractivity contribution < 1.29 is 19.4 Å². The average Bonchev–Trinajstić information content (AvgIpc) is 2.98. The van der Waals surface area contributed by atoms with E-state index >= 15 is 0 Å². The zero-order valence-electron chi connectivity index (χ0n) is 15.1. The van der Waals surface area contributed by atoms with E-state index in [2.05, 4.69) is 5.10 Å². The lowest BCUT2D eigenvalue weighted by Gasteiger charge is -2.31. The van der Waals surface area contributed by atoms with Crippen molar-refractivity contribution >= 4 is 11.6 Å². The summed E-state index contributed by atoms with van der Waals surface area (Å²) < 4.78 is 10.5. The van der Waals surface area contributed by atoms with E-state index in [1.165, 1.54) is 5.01 Å². The highest BCUT2D eigenvalue weighted by molar-refractivity contribution is 5.89. The normalized spacial score (nSPS) is 19.2. The minimum absolute atomic E-state index is 0.0896. The van der Waals surface area contributed by atoms with Crippen LogP contribution in [0, 0.1) is 0 Å². The summed E-state index contributed by atoms with van der Waals surface area (Å²) in [6.45, 7) is 1.80. The van der Waals surface area contributed by atoms with Crippen LogP contribution in [0.1, 0.15) is 24.5 Å². The molecule has 136 valence electrons. The van der Waals surface area contributed by atoms with E-state index in [9.17, 15) is 9.90 Å². The van der Waals surface area contributed by atoms with Gasteiger partial charge in [-0.15, -0.1) is 0 Å². The molecule has 6 heteroatoms. The van der Waals surface area contributed by atoms with E-state index in [4.69, 9.17) is 9.47 Å². The third kappa shape index (κ3) is 3.28. The first kappa shape index (κ1) is 17.9. The molecule has 0 radical (unpaired) electrons.